The first kappa shape index (κ1) is 30.4. The molecule has 0 aromatic carbocycles. The van der Waals surface area contributed by atoms with Crippen LogP contribution >= 0.6 is 0 Å². The van der Waals surface area contributed by atoms with Gasteiger partial charge in [-0.25, -0.2) is 0 Å². The van der Waals surface area contributed by atoms with Crippen LogP contribution in [0.25, 0.3) is 0 Å². The Labute approximate surface area is 183 Å². The van der Waals surface area contributed by atoms with Crippen LogP contribution in [0.15, 0.2) is 12.2 Å². The van der Waals surface area contributed by atoms with Crippen LogP contribution < -0.4 is 0 Å². The van der Waals surface area contributed by atoms with Gasteiger partial charge in [-0.3, -0.25) is 9.59 Å². The van der Waals surface area contributed by atoms with Gasteiger partial charge in [-0.05, 0) is 32.1 Å². The molecule has 0 bridgehead atoms. The van der Waals surface area contributed by atoms with Crippen molar-refractivity contribution in [1.82, 2.24) is 0 Å². The summed E-state index contributed by atoms with van der Waals surface area (Å²) in [4.78, 5) is 19.7. The average molecular weight is 381 g/mol. The van der Waals surface area contributed by atoms with E-state index in [4.69, 9.17) is 10.2 Å². The minimum absolute atomic E-state index is 0. The van der Waals surface area contributed by atoms with Gasteiger partial charge in [0.15, 0.2) is 0 Å². The Balaban J connectivity index is -0.000000772. The van der Waals surface area contributed by atoms with Crippen LogP contribution in [0.5, 0.6) is 0 Å². The minimum atomic E-state index is -0.745. The Kier molecular flexibility index (Phi) is 31.5. The molecule has 0 radical (unpaired) electrons. The summed E-state index contributed by atoms with van der Waals surface area (Å²) < 4.78 is 0. The Morgan fingerprint density at radius 2 is 1.04 bits per heavy atom. The quantitative estimate of drug-likeness (QED) is 0.197. The standard InChI is InChI=1S/C18H34O2.C3H6O2.Na.H/c1-2-3-4-5-6-7-8-9-10-11-12-13-14-15-16-17-18(19)20;1-2-3(4)5;;/h9-10H,2-8,11-17H2,1H3,(H,19,20);2H2,1H3,(H,4,5);;/b10-9-;;;. The second-order valence-corrected chi connectivity index (χ2v) is 6.48. The number of hydrogen-bond acceptors (Lipinski definition) is 2. The fourth-order valence-corrected chi connectivity index (χ4v) is 2.35. The van der Waals surface area contributed by atoms with Crippen molar-refractivity contribution >= 4 is 41.5 Å². The topological polar surface area (TPSA) is 74.6 Å². The second-order valence-electron chi connectivity index (χ2n) is 6.48. The normalized spacial score (nSPS) is 10.1. The van der Waals surface area contributed by atoms with Crippen molar-refractivity contribution in [2.24, 2.45) is 0 Å². The van der Waals surface area contributed by atoms with E-state index in [1.807, 2.05) is 0 Å². The number of carboxylic acid groups (broad SMARTS) is 2. The molecule has 0 aliphatic rings. The maximum absolute atomic E-state index is 10.3. The first-order valence-corrected chi connectivity index (χ1v) is 10.1. The Morgan fingerprint density at radius 3 is 1.42 bits per heavy atom. The molecule has 0 saturated heterocycles. The Bertz CT molecular complexity index is 330. The van der Waals surface area contributed by atoms with Crippen LogP contribution in [0.3, 0.4) is 0 Å². The van der Waals surface area contributed by atoms with Gasteiger partial charge in [0.2, 0.25) is 0 Å². The maximum atomic E-state index is 10.3. The van der Waals surface area contributed by atoms with E-state index in [9.17, 15) is 9.59 Å². The van der Waals surface area contributed by atoms with Gasteiger partial charge in [-0.1, -0.05) is 77.4 Å². The van der Waals surface area contributed by atoms with Gasteiger partial charge in [0.1, 0.15) is 0 Å². The third-order valence-electron chi connectivity index (χ3n) is 3.95. The van der Waals surface area contributed by atoms with Crippen molar-refractivity contribution in [1.29, 1.82) is 0 Å². The van der Waals surface area contributed by atoms with Crippen LogP contribution in [-0.2, 0) is 9.59 Å². The number of carboxylic acids is 2. The number of carbonyl (C=O) groups is 2. The molecule has 0 amide bonds. The summed E-state index contributed by atoms with van der Waals surface area (Å²) in [7, 11) is 0. The van der Waals surface area contributed by atoms with E-state index in [0.29, 0.717) is 6.42 Å². The zero-order valence-corrected chi connectivity index (χ0v) is 16.5. The summed E-state index contributed by atoms with van der Waals surface area (Å²) in [6.45, 7) is 3.86. The molecule has 0 saturated carbocycles. The van der Waals surface area contributed by atoms with E-state index < -0.39 is 11.9 Å². The number of unbranched alkanes of at least 4 members (excludes halogenated alkanes) is 11. The summed E-state index contributed by atoms with van der Waals surface area (Å²) in [6, 6.07) is 0. The van der Waals surface area contributed by atoms with E-state index in [1.54, 1.807) is 6.92 Å². The first-order chi connectivity index (χ1) is 12.0. The molecule has 0 aliphatic carbocycles. The molecular formula is C21H41NaO4. The predicted molar refractivity (Wildman–Crippen MR) is 112 cm³/mol. The summed E-state index contributed by atoms with van der Waals surface area (Å²) in [5.41, 5.74) is 0. The zero-order chi connectivity index (χ0) is 19.2. The zero-order valence-electron chi connectivity index (χ0n) is 16.5. The van der Waals surface area contributed by atoms with E-state index in [1.165, 1.54) is 70.6 Å². The summed E-state index contributed by atoms with van der Waals surface area (Å²) in [5, 5.41) is 16.2. The number of hydrogen-bond donors (Lipinski definition) is 2. The van der Waals surface area contributed by atoms with E-state index >= 15 is 0 Å². The van der Waals surface area contributed by atoms with Gasteiger partial charge in [0.05, 0.1) is 0 Å². The van der Waals surface area contributed by atoms with Crippen molar-refractivity contribution in [3.05, 3.63) is 12.2 Å². The molecule has 26 heavy (non-hydrogen) atoms. The van der Waals surface area contributed by atoms with Gasteiger partial charge < -0.3 is 10.2 Å². The fourth-order valence-electron chi connectivity index (χ4n) is 2.35. The van der Waals surface area contributed by atoms with Crippen LogP contribution in [-0.4, -0.2) is 51.7 Å². The van der Waals surface area contributed by atoms with Crippen LogP contribution in [0.2, 0.25) is 0 Å². The van der Waals surface area contributed by atoms with Crippen molar-refractivity contribution in [3.63, 3.8) is 0 Å². The summed E-state index contributed by atoms with van der Waals surface area (Å²) in [5.74, 6) is -1.41. The van der Waals surface area contributed by atoms with Gasteiger partial charge in [0, 0.05) is 12.8 Å². The molecule has 0 aliphatic heterocycles. The second kappa shape index (κ2) is 26.9. The molecule has 0 fully saturated rings. The predicted octanol–water partition coefficient (Wildman–Crippen LogP) is 5.94. The average Bonchev–Trinajstić information content (AvgIpc) is 2.58. The Hall–Kier alpha value is -0.320. The molecule has 5 heteroatoms. The van der Waals surface area contributed by atoms with E-state index in [0.717, 1.165) is 12.8 Å². The third kappa shape index (κ3) is 34.9. The molecule has 0 rings (SSSR count). The van der Waals surface area contributed by atoms with Gasteiger partial charge in [-0.2, -0.15) is 0 Å². The molecule has 0 heterocycles. The van der Waals surface area contributed by atoms with Gasteiger partial charge >= 0.3 is 41.5 Å². The number of aliphatic carboxylic acids is 2. The molecule has 0 unspecified atom stereocenters. The van der Waals surface area contributed by atoms with Crippen molar-refractivity contribution in [3.8, 4) is 0 Å². The summed E-state index contributed by atoms with van der Waals surface area (Å²) >= 11 is 0. The number of rotatable bonds is 16. The van der Waals surface area contributed by atoms with Crippen LogP contribution in [0, 0.1) is 0 Å². The van der Waals surface area contributed by atoms with Crippen molar-refractivity contribution in [2.45, 2.75) is 110 Å². The first-order valence-electron chi connectivity index (χ1n) is 10.1. The molecule has 0 spiro atoms. The van der Waals surface area contributed by atoms with E-state index in [2.05, 4.69) is 19.1 Å². The van der Waals surface area contributed by atoms with Crippen LogP contribution in [0.4, 0.5) is 0 Å². The molecule has 0 atom stereocenters. The van der Waals surface area contributed by atoms with Crippen LogP contribution in [0.1, 0.15) is 110 Å². The Morgan fingerprint density at radius 1 is 0.654 bits per heavy atom. The third-order valence-corrected chi connectivity index (χ3v) is 3.95. The fraction of sp³-hybridized carbons (Fsp3) is 0.810. The van der Waals surface area contributed by atoms with Crippen molar-refractivity contribution in [2.75, 3.05) is 0 Å². The molecule has 0 aromatic rings. The molecule has 2 N–H and O–H groups in total. The molecule has 4 nitrogen and oxygen atoms in total. The van der Waals surface area contributed by atoms with E-state index in [-0.39, 0.29) is 36.0 Å². The molecule has 150 valence electrons. The SMILES string of the molecule is CCC(=O)O.CCCCCCCC/C=C\CCCCCCCC(=O)O.[NaH]. The van der Waals surface area contributed by atoms with Gasteiger partial charge in [0.25, 0.3) is 0 Å². The monoisotopic (exact) mass is 380 g/mol. The molecular weight excluding hydrogens is 339 g/mol. The van der Waals surface area contributed by atoms with Gasteiger partial charge in [-0.15, -0.1) is 0 Å². The molecule has 0 aromatic heterocycles. The van der Waals surface area contributed by atoms with Crippen molar-refractivity contribution < 1.29 is 19.8 Å². The number of allylic oxidation sites excluding steroid dienone is 2. The summed E-state index contributed by atoms with van der Waals surface area (Å²) in [6.07, 6.45) is 21.5.